The summed E-state index contributed by atoms with van der Waals surface area (Å²) in [7, 11) is 2.06. The molecule has 1 rings (SSSR count). The van der Waals surface area contributed by atoms with Crippen LogP contribution in [-0.4, -0.2) is 36.5 Å². The summed E-state index contributed by atoms with van der Waals surface area (Å²) in [6, 6.07) is 0.453. The van der Waals surface area contributed by atoms with E-state index in [2.05, 4.69) is 19.2 Å². The van der Waals surface area contributed by atoms with Crippen molar-refractivity contribution in [3.63, 3.8) is 0 Å². The van der Waals surface area contributed by atoms with E-state index in [0.29, 0.717) is 6.07 Å². The van der Waals surface area contributed by atoms with Gasteiger partial charge in [0.05, 0.1) is 32.3 Å². The number of rotatable bonds is 5. The van der Waals surface area contributed by atoms with Crippen molar-refractivity contribution in [3.05, 3.63) is 21.7 Å². The number of methoxy groups -OCH3 is 2. The fourth-order valence-corrected chi connectivity index (χ4v) is 1.37. The van der Waals surface area contributed by atoms with E-state index in [9.17, 15) is 28.1 Å². The van der Waals surface area contributed by atoms with Crippen LogP contribution in [0.15, 0.2) is 6.07 Å². The topological polar surface area (TPSA) is 101 Å². The normalized spacial score (nSPS) is 10.9. The van der Waals surface area contributed by atoms with Gasteiger partial charge in [0.25, 0.3) is 0 Å². The van der Waals surface area contributed by atoms with E-state index in [4.69, 9.17) is 0 Å². The summed E-state index contributed by atoms with van der Waals surface area (Å²) in [5, 5.41) is 10.6. The summed E-state index contributed by atoms with van der Waals surface area (Å²) in [5.74, 6) is -3.30. The largest absolute Gasteiger partial charge is 0.573 e. The third-order valence-corrected chi connectivity index (χ3v) is 2.19. The molecule has 0 aliphatic rings. The van der Waals surface area contributed by atoms with E-state index in [1.54, 1.807) is 0 Å². The Morgan fingerprint density at radius 2 is 2.05 bits per heavy atom. The highest BCUT2D eigenvalue weighted by molar-refractivity contribution is 5.74. The van der Waals surface area contributed by atoms with Crippen LogP contribution in [0, 0.1) is 10.1 Å². The molecule has 0 radical (unpaired) electrons. The number of nitro groups is 1. The zero-order chi connectivity index (χ0) is 16.2. The number of pyridine rings is 1. The Hall–Kier alpha value is -2.59. The summed E-state index contributed by atoms with van der Waals surface area (Å²) >= 11 is 0. The molecular formula is C10H9F3N2O6. The Labute approximate surface area is 115 Å². The molecule has 0 spiro atoms. The van der Waals surface area contributed by atoms with Crippen molar-refractivity contribution in [1.82, 2.24) is 4.98 Å². The summed E-state index contributed by atoms with van der Waals surface area (Å²) in [4.78, 5) is 24.2. The first-order valence-electron chi connectivity index (χ1n) is 5.22. The van der Waals surface area contributed by atoms with Crippen LogP contribution in [0.3, 0.4) is 0 Å². The number of nitrogens with zero attached hydrogens (tertiary/aromatic N) is 2. The van der Waals surface area contributed by atoms with Gasteiger partial charge < -0.3 is 24.3 Å². The molecule has 21 heavy (non-hydrogen) atoms. The molecule has 1 aromatic rings. The van der Waals surface area contributed by atoms with E-state index < -0.39 is 46.7 Å². The highest BCUT2D eigenvalue weighted by Crippen LogP contribution is 2.34. The number of aromatic nitrogens is 1. The van der Waals surface area contributed by atoms with Crippen LogP contribution in [0.5, 0.6) is 11.6 Å². The van der Waals surface area contributed by atoms with Gasteiger partial charge in [0.15, 0.2) is 0 Å². The van der Waals surface area contributed by atoms with Crippen LogP contribution < -0.4 is 9.47 Å². The molecule has 0 atom stereocenters. The third kappa shape index (κ3) is 4.47. The van der Waals surface area contributed by atoms with Crippen LogP contribution in [0.4, 0.5) is 19.0 Å². The van der Waals surface area contributed by atoms with E-state index in [1.807, 2.05) is 0 Å². The lowest BCUT2D eigenvalue weighted by molar-refractivity contribution is -0.389. The summed E-state index contributed by atoms with van der Waals surface area (Å²) in [6.45, 7) is 0. The molecule has 8 nitrogen and oxygen atoms in total. The summed E-state index contributed by atoms with van der Waals surface area (Å²) in [5.41, 5.74) is -0.410. The number of hydrogen-bond donors (Lipinski definition) is 0. The molecule has 116 valence electrons. The lowest BCUT2D eigenvalue weighted by Crippen LogP contribution is -2.20. The van der Waals surface area contributed by atoms with E-state index in [-0.39, 0.29) is 0 Å². The molecule has 0 bridgehead atoms. The molecule has 0 fully saturated rings. The Bertz CT molecular complexity index is 560. The van der Waals surface area contributed by atoms with Crippen LogP contribution in [-0.2, 0) is 16.0 Å². The third-order valence-electron chi connectivity index (χ3n) is 2.19. The highest BCUT2D eigenvalue weighted by Gasteiger charge is 2.35. The standard InChI is InChI=1S/C10H9F3N2O6/c1-19-8(16)3-5-6(21-10(11,12)13)4-7(15(17)18)14-9(5)20-2/h4H,3H2,1-2H3. The minimum atomic E-state index is -5.11. The first kappa shape index (κ1) is 16.5. The van der Waals surface area contributed by atoms with Crippen molar-refractivity contribution in [2.45, 2.75) is 12.8 Å². The SMILES string of the molecule is COC(=O)Cc1c(OC(F)(F)F)cc([N+](=O)[O-])nc1OC. The van der Waals surface area contributed by atoms with E-state index in [0.717, 1.165) is 14.2 Å². The number of esters is 1. The van der Waals surface area contributed by atoms with Crippen molar-refractivity contribution in [1.29, 1.82) is 0 Å². The molecule has 1 heterocycles. The maximum atomic E-state index is 12.3. The van der Waals surface area contributed by atoms with Gasteiger partial charge in [-0.2, -0.15) is 0 Å². The first-order chi connectivity index (χ1) is 9.67. The fourth-order valence-electron chi connectivity index (χ4n) is 1.37. The van der Waals surface area contributed by atoms with Gasteiger partial charge in [-0.15, -0.1) is 13.2 Å². The van der Waals surface area contributed by atoms with E-state index >= 15 is 0 Å². The van der Waals surface area contributed by atoms with Crippen LogP contribution in [0.25, 0.3) is 0 Å². The van der Waals surface area contributed by atoms with Crippen molar-refractivity contribution in [2.75, 3.05) is 14.2 Å². The van der Waals surface area contributed by atoms with Crippen molar-refractivity contribution in [3.8, 4) is 11.6 Å². The lowest BCUT2D eigenvalue weighted by atomic mass is 10.1. The second-order valence-corrected chi connectivity index (χ2v) is 3.52. The van der Waals surface area contributed by atoms with E-state index in [1.165, 1.54) is 0 Å². The maximum Gasteiger partial charge on any atom is 0.573 e. The van der Waals surface area contributed by atoms with Crippen LogP contribution in [0.2, 0.25) is 0 Å². The quantitative estimate of drug-likeness (QED) is 0.462. The summed E-state index contributed by atoms with van der Waals surface area (Å²) in [6.07, 6.45) is -5.76. The van der Waals surface area contributed by atoms with Gasteiger partial charge in [0, 0.05) is 4.98 Å². The number of alkyl halides is 3. The minimum absolute atomic E-state index is 0.410. The lowest BCUT2D eigenvalue weighted by Gasteiger charge is -2.13. The Kier molecular flexibility index (Phi) is 4.89. The van der Waals surface area contributed by atoms with Gasteiger partial charge in [-0.1, -0.05) is 0 Å². The van der Waals surface area contributed by atoms with Crippen molar-refractivity contribution >= 4 is 11.8 Å². The fraction of sp³-hybridized carbons (Fsp3) is 0.400. The smallest absolute Gasteiger partial charge is 0.469 e. The molecule has 0 saturated carbocycles. The number of ether oxygens (including phenoxy) is 3. The molecule has 1 aromatic heterocycles. The first-order valence-corrected chi connectivity index (χ1v) is 5.22. The van der Waals surface area contributed by atoms with Gasteiger partial charge in [-0.3, -0.25) is 4.79 Å². The Balaban J connectivity index is 3.41. The summed E-state index contributed by atoms with van der Waals surface area (Å²) < 4.78 is 49.7. The number of carbonyl (C=O) groups is 1. The predicted molar refractivity (Wildman–Crippen MR) is 59.8 cm³/mol. The average molecular weight is 310 g/mol. The van der Waals surface area contributed by atoms with Gasteiger partial charge in [0.2, 0.25) is 0 Å². The average Bonchev–Trinajstić information content (AvgIpc) is 2.38. The Morgan fingerprint density at radius 3 is 2.48 bits per heavy atom. The van der Waals surface area contributed by atoms with Gasteiger partial charge >= 0.3 is 24.0 Å². The highest BCUT2D eigenvalue weighted by atomic mass is 19.4. The number of carbonyl (C=O) groups excluding carboxylic acids is 1. The second kappa shape index (κ2) is 6.24. The molecule has 0 aliphatic heterocycles. The Morgan fingerprint density at radius 1 is 1.43 bits per heavy atom. The molecule has 0 amide bonds. The van der Waals surface area contributed by atoms with Crippen molar-refractivity contribution in [2.24, 2.45) is 0 Å². The molecule has 0 unspecified atom stereocenters. The maximum absolute atomic E-state index is 12.3. The molecular weight excluding hydrogens is 301 g/mol. The van der Waals surface area contributed by atoms with Crippen LogP contribution >= 0.6 is 0 Å². The molecule has 11 heteroatoms. The monoisotopic (exact) mass is 310 g/mol. The molecule has 0 saturated heterocycles. The minimum Gasteiger partial charge on any atom is -0.469 e. The van der Waals surface area contributed by atoms with Gasteiger partial charge in [0.1, 0.15) is 5.75 Å². The zero-order valence-corrected chi connectivity index (χ0v) is 10.8. The van der Waals surface area contributed by atoms with Crippen molar-refractivity contribution < 1.29 is 37.1 Å². The van der Waals surface area contributed by atoms with Gasteiger partial charge in [-0.25, -0.2) is 0 Å². The molecule has 0 aliphatic carbocycles. The zero-order valence-electron chi connectivity index (χ0n) is 10.8. The van der Waals surface area contributed by atoms with Crippen LogP contribution in [0.1, 0.15) is 5.56 Å². The number of halogens is 3. The predicted octanol–water partition coefficient (Wildman–Crippen LogP) is 1.61. The second-order valence-electron chi connectivity index (χ2n) is 3.52. The number of hydrogen-bond acceptors (Lipinski definition) is 7. The molecule has 0 N–H and O–H groups in total. The van der Waals surface area contributed by atoms with Gasteiger partial charge in [-0.05, 0) is 4.92 Å². The molecule has 0 aromatic carbocycles.